The number of rotatable bonds is 7. The van der Waals surface area contributed by atoms with Crippen LogP contribution in [0.1, 0.15) is 20.8 Å². The maximum absolute atomic E-state index is 11.8. The highest BCUT2D eigenvalue weighted by Crippen LogP contribution is 2.09. The van der Waals surface area contributed by atoms with E-state index >= 15 is 0 Å². The number of esters is 1. The van der Waals surface area contributed by atoms with Gasteiger partial charge in [0, 0.05) is 6.54 Å². The van der Waals surface area contributed by atoms with Gasteiger partial charge in [0.25, 0.3) is 0 Å². The first-order valence-corrected chi connectivity index (χ1v) is 6.65. The molecule has 8 heteroatoms. The maximum Gasteiger partial charge on any atom is 0.323 e. The zero-order valence-electron chi connectivity index (χ0n) is 10.0. The van der Waals surface area contributed by atoms with Gasteiger partial charge in [-0.25, -0.2) is 8.42 Å². The number of hydrogen-bond donors (Lipinski definition) is 1. The Bertz CT molecular complexity index is 377. The van der Waals surface area contributed by atoms with Gasteiger partial charge in [0.05, 0.1) is 6.61 Å². The zero-order chi connectivity index (χ0) is 13.6. The first-order chi connectivity index (χ1) is 7.77. The number of carboxylic acid groups (broad SMARTS) is 1. The van der Waals surface area contributed by atoms with E-state index in [0.717, 1.165) is 11.2 Å². The number of nitrogens with zero attached hydrogens (tertiary/aromatic N) is 1. The monoisotopic (exact) mass is 267 g/mol. The topological polar surface area (TPSA) is 101 Å². The Hall–Kier alpha value is -1.15. The number of aliphatic carboxylic acids is 1. The molecule has 1 unspecified atom stereocenters. The lowest BCUT2D eigenvalue weighted by molar-refractivity contribution is -0.143. The van der Waals surface area contributed by atoms with E-state index in [1.807, 2.05) is 0 Å². The molecule has 0 aromatic heterocycles. The summed E-state index contributed by atoms with van der Waals surface area (Å²) in [5.41, 5.74) is 0. The van der Waals surface area contributed by atoms with Crippen molar-refractivity contribution in [3.8, 4) is 0 Å². The summed E-state index contributed by atoms with van der Waals surface area (Å²) in [5.74, 6) is -2.15. The number of sulfonamides is 1. The second-order valence-corrected chi connectivity index (χ2v) is 5.51. The molecular formula is C9H17NO6S. The molecule has 0 spiro atoms. The molecule has 0 fully saturated rings. The van der Waals surface area contributed by atoms with Crippen LogP contribution >= 0.6 is 0 Å². The molecule has 0 aliphatic heterocycles. The highest BCUT2D eigenvalue weighted by Gasteiger charge is 2.34. The summed E-state index contributed by atoms with van der Waals surface area (Å²) >= 11 is 0. The Morgan fingerprint density at radius 1 is 1.35 bits per heavy atom. The van der Waals surface area contributed by atoms with Crippen molar-refractivity contribution in [1.82, 2.24) is 4.31 Å². The molecule has 0 radical (unpaired) electrons. The van der Waals surface area contributed by atoms with E-state index in [2.05, 4.69) is 4.74 Å². The van der Waals surface area contributed by atoms with Crippen LogP contribution in [0.2, 0.25) is 0 Å². The van der Waals surface area contributed by atoms with Crippen molar-refractivity contribution >= 4 is 22.0 Å². The largest absolute Gasteiger partial charge is 0.480 e. The van der Waals surface area contributed by atoms with Gasteiger partial charge in [0.2, 0.25) is 10.0 Å². The van der Waals surface area contributed by atoms with Crippen LogP contribution in [0.5, 0.6) is 0 Å². The number of likely N-dealkylation sites (N-methyl/N-ethyl adjacent to an activating group) is 1. The third-order valence-corrected chi connectivity index (χ3v) is 4.32. The number of carbonyl (C=O) groups excluding carboxylic acids is 1. The number of hydrogen-bond acceptors (Lipinski definition) is 5. The summed E-state index contributed by atoms with van der Waals surface area (Å²) in [6, 6.07) is 0. The molecule has 1 N–H and O–H groups in total. The van der Waals surface area contributed by atoms with E-state index < -0.39 is 33.8 Å². The summed E-state index contributed by atoms with van der Waals surface area (Å²) in [5, 5.41) is 7.09. The van der Waals surface area contributed by atoms with Crippen LogP contribution < -0.4 is 0 Å². The standard InChI is InChI=1S/C9H17NO6S/c1-4-10(6-8(11)16-5-2)17(14,15)7(3)9(12)13/h7H,4-6H2,1-3H3,(H,12,13). The predicted octanol–water partition coefficient (Wildman–Crippen LogP) is -0.326. The fourth-order valence-corrected chi connectivity index (χ4v) is 2.43. The molecule has 0 aliphatic carbocycles. The minimum atomic E-state index is -4.03. The molecule has 100 valence electrons. The molecule has 7 nitrogen and oxygen atoms in total. The highest BCUT2D eigenvalue weighted by molar-refractivity contribution is 7.90. The van der Waals surface area contributed by atoms with Crippen molar-refractivity contribution < 1.29 is 27.9 Å². The highest BCUT2D eigenvalue weighted by atomic mass is 32.2. The number of carbonyl (C=O) groups is 2. The second kappa shape index (κ2) is 6.55. The Kier molecular flexibility index (Phi) is 6.11. The average Bonchev–Trinajstić information content (AvgIpc) is 2.24. The predicted molar refractivity (Wildman–Crippen MR) is 59.9 cm³/mol. The Labute approximate surface area is 100 Å². The smallest absolute Gasteiger partial charge is 0.323 e. The Balaban J connectivity index is 4.88. The quantitative estimate of drug-likeness (QED) is 0.634. The van der Waals surface area contributed by atoms with Gasteiger partial charge in [-0.2, -0.15) is 4.31 Å². The molecule has 0 heterocycles. The molecule has 0 aromatic rings. The van der Waals surface area contributed by atoms with Crippen LogP contribution in [-0.4, -0.2) is 54.7 Å². The van der Waals surface area contributed by atoms with Gasteiger partial charge < -0.3 is 9.84 Å². The van der Waals surface area contributed by atoms with Crippen LogP contribution in [0.3, 0.4) is 0 Å². The van der Waals surface area contributed by atoms with Crippen LogP contribution in [0.4, 0.5) is 0 Å². The van der Waals surface area contributed by atoms with Crippen LogP contribution in [-0.2, 0) is 24.3 Å². The lowest BCUT2D eigenvalue weighted by Gasteiger charge is -2.21. The summed E-state index contributed by atoms with van der Waals surface area (Å²) in [6.07, 6.45) is 0. The van der Waals surface area contributed by atoms with Crippen LogP contribution in [0.25, 0.3) is 0 Å². The normalized spacial score (nSPS) is 13.4. The van der Waals surface area contributed by atoms with Gasteiger partial charge in [-0.15, -0.1) is 0 Å². The molecule has 0 aliphatic rings. The van der Waals surface area contributed by atoms with Crippen molar-refractivity contribution in [2.45, 2.75) is 26.0 Å². The van der Waals surface area contributed by atoms with Gasteiger partial charge in [-0.05, 0) is 13.8 Å². The summed E-state index contributed by atoms with van der Waals surface area (Å²) < 4.78 is 29.0. The SMILES string of the molecule is CCOC(=O)CN(CC)S(=O)(=O)C(C)C(=O)O. The van der Waals surface area contributed by atoms with Crippen molar-refractivity contribution in [3.05, 3.63) is 0 Å². The van der Waals surface area contributed by atoms with Crippen LogP contribution in [0.15, 0.2) is 0 Å². The molecule has 1 atom stereocenters. The Morgan fingerprint density at radius 3 is 2.24 bits per heavy atom. The summed E-state index contributed by atoms with van der Waals surface area (Å²) in [7, 11) is -4.03. The fraction of sp³-hybridized carbons (Fsp3) is 0.778. The fourth-order valence-electron chi connectivity index (χ4n) is 1.08. The summed E-state index contributed by atoms with van der Waals surface area (Å²) in [4.78, 5) is 21.8. The van der Waals surface area contributed by atoms with Gasteiger partial charge in [0.1, 0.15) is 6.54 Å². The lowest BCUT2D eigenvalue weighted by atomic mass is 10.5. The molecule has 0 saturated heterocycles. The van der Waals surface area contributed by atoms with Crippen molar-refractivity contribution in [2.75, 3.05) is 19.7 Å². The Morgan fingerprint density at radius 2 is 1.88 bits per heavy atom. The molecular weight excluding hydrogens is 250 g/mol. The molecule has 0 rings (SSSR count). The van der Waals surface area contributed by atoms with Crippen molar-refractivity contribution in [3.63, 3.8) is 0 Å². The summed E-state index contributed by atoms with van der Waals surface area (Å²) in [6.45, 7) is 3.87. The van der Waals surface area contributed by atoms with Crippen molar-refractivity contribution in [1.29, 1.82) is 0 Å². The van der Waals surface area contributed by atoms with Gasteiger partial charge >= 0.3 is 11.9 Å². The van der Waals surface area contributed by atoms with E-state index in [-0.39, 0.29) is 13.2 Å². The van der Waals surface area contributed by atoms with Gasteiger partial charge in [0.15, 0.2) is 5.25 Å². The molecule has 0 bridgehead atoms. The molecule has 0 amide bonds. The molecule has 17 heavy (non-hydrogen) atoms. The molecule has 0 saturated carbocycles. The van der Waals surface area contributed by atoms with Crippen molar-refractivity contribution in [2.24, 2.45) is 0 Å². The third-order valence-electron chi connectivity index (χ3n) is 2.12. The van der Waals surface area contributed by atoms with E-state index in [9.17, 15) is 18.0 Å². The number of carboxylic acids is 1. The number of ether oxygens (including phenoxy) is 1. The minimum absolute atomic E-state index is 0.0127. The van der Waals surface area contributed by atoms with E-state index in [1.165, 1.54) is 6.92 Å². The van der Waals surface area contributed by atoms with Gasteiger partial charge in [-0.3, -0.25) is 9.59 Å². The lowest BCUT2D eigenvalue weighted by Crippen LogP contribution is -2.43. The second-order valence-electron chi connectivity index (χ2n) is 3.26. The average molecular weight is 267 g/mol. The first kappa shape index (κ1) is 15.9. The first-order valence-electron chi connectivity index (χ1n) is 5.14. The van der Waals surface area contributed by atoms with Crippen LogP contribution in [0, 0.1) is 0 Å². The molecule has 0 aromatic carbocycles. The van der Waals surface area contributed by atoms with E-state index in [0.29, 0.717) is 0 Å². The van der Waals surface area contributed by atoms with E-state index in [1.54, 1.807) is 6.92 Å². The van der Waals surface area contributed by atoms with Gasteiger partial charge in [-0.1, -0.05) is 6.92 Å². The third kappa shape index (κ3) is 4.31. The van der Waals surface area contributed by atoms with E-state index in [4.69, 9.17) is 5.11 Å². The maximum atomic E-state index is 11.8. The minimum Gasteiger partial charge on any atom is -0.480 e. The zero-order valence-corrected chi connectivity index (χ0v) is 10.9.